The van der Waals surface area contributed by atoms with Crippen LogP contribution < -0.4 is 5.73 Å². The van der Waals surface area contributed by atoms with Crippen molar-refractivity contribution in [3.8, 4) is 0 Å². The molecule has 6 nitrogen and oxygen atoms in total. The summed E-state index contributed by atoms with van der Waals surface area (Å²) in [7, 11) is -3.74. The number of nitrogens with zero attached hydrogens (tertiary/aromatic N) is 3. The van der Waals surface area contributed by atoms with Crippen LogP contribution in [0.2, 0.25) is 0 Å². The molecular formula is C10H12N4O2S2. The van der Waals surface area contributed by atoms with Gasteiger partial charge in [0.2, 0.25) is 11.1 Å². The van der Waals surface area contributed by atoms with E-state index < -0.39 is 10.0 Å². The van der Waals surface area contributed by atoms with E-state index in [0.29, 0.717) is 0 Å². The number of benzene rings is 1. The molecule has 0 unspecified atom stereocenters. The van der Waals surface area contributed by atoms with E-state index in [9.17, 15) is 8.42 Å². The van der Waals surface area contributed by atoms with Gasteiger partial charge in [-0.25, -0.2) is 0 Å². The Labute approximate surface area is 109 Å². The Hall–Kier alpha value is -1.54. The molecule has 0 fully saturated rings. The zero-order chi connectivity index (χ0) is 13.3. The number of rotatable bonds is 3. The summed E-state index contributed by atoms with van der Waals surface area (Å²) in [4.78, 5) is 4.01. The fourth-order valence-electron chi connectivity index (χ4n) is 1.39. The highest BCUT2D eigenvalue weighted by Crippen LogP contribution is 2.20. The summed E-state index contributed by atoms with van der Waals surface area (Å²) in [6.07, 6.45) is 1.71. The Bertz CT molecular complexity index is 662. The van der Waals surface area contributed by atoms with Crippen molar-refractivity contribution in [1.29, 1.82) is 0 Å². The largest absolute Gasteiger partial charge is 0.366 e. The SMILES string of the molecule is CSc1nc(N)nn1S(=O)(=O)c1ccc(C)cc1. The summed E-state index contributed by atoms with van der Waals surface area (Å²) >= 11 is 1.17. The topological polar surface area (TPSA) is 90.9 Å². The summed E-state index contributed by atoms with van der Waals surface area (Å²) < 4.78 is 25.5. The fourth-order valence-corrected chi connectivity index (χ4v) is 3.41. The van der Waals surface area contributed by atoms with Crippen LogP contribution in [0.4, 0.5) is 5.95 Å². The van der Waals surface area contributed by atoms with Crippen LogP contribution >= 0.6 is 11.8 Å². The molecular weight excluding hydrogens is 272 g/mol. The zero-order valence-electron chi connectivity index (χ0n) is 9.86. The van der Waals surface area contributed by atoms with Crippen molar-refractivity contribution in [1.82, 2.24) is 14.2 Å². The van der Waals surface area contributed by atoms with Crippen LogP contribution in [-0.4, -0.2) is 28.8 Å². The quantitative estimate of drug-likeness (QED) is 0.850. The molecule has 1 aromatic heterocycles. The van der Waals surface area contributed by atoms with Crippen molar-refractivity contribution in [3.63, 3.8) is 0 Å². The number of nitrogen functional groups attached to an aromatic ring is 1. The Morgan fingerprint density at radius 1 is 1.28 bits per heavy atom. The van der Waals surface area contributed by atoms with E-state index in [-0.39, 0.29) is 16.0 Å². The van der Waals surface area contributed by atoms with Crippen LogP contribution in [-0.2, 0) is 10.0 Å². The monoisotopic (exact) mass is 284 g/mol. The maximum absolute atomic E-state index is 12.3. The minimum Gasteiger partial charge on any atom is -0.366 e. The van der Waals surface area contributed by atoms with Gasteiger partial charge in [-0.05, 0) is 25.3 Å². The Kier molecular flexibility index (Phi) is 3.31. The normalized spacial score (nSPS) is 11.7. The smallest absolute Gasteiger partial charge is 0.285 e. The van der Waals surface area contributed by atoms with Crippen LogP contribution in [0, 0.1) is 6.92 Å². The Balaban J connectivity index is 2.57. The van der Waals surface area contributed by atoms with Crippen molar-refractivity contribution in [2.75, 3.05) is 12.0 Å². The van der Waals surface area contributed by atoms with Gasteiger partial charge in [0.15, 0.2) is 0 Å². The number of hydrogen-bond acceptors (Lipinski definition) is 6. The van der Waals surface area contributed by atoms with E-state index in [1.165, 1.54) is 23.9 Å². The fraction of sp³-hybridized carbons (Fsp3) is 0.200. The van der Waals surface area contributed by atoms with Crippen molar-refractivity contribution < 1.29 is 8.42 Å². The van der Waals surface area contributed by atoms with Gasteiger partial charge in [0, 0.05) is 0 Å². The van der Waals surface area contributed by atoms with Crippen molar-refractivity contribution in [3.05, 3.63) is 29.8 Å². The van der Waals surface area contributed by atoms with Gasteiger partial charge >= 0.3 is 0 Å². The molecule has 0 spiro atoms. The Morgan fingerprint density at radius 2 is 1.89 bits per heavy atom. The summed E-state index contributed by atoms with van der Waals surface area (Å²) in [5.41, 5.74) is 6.42. The third kappa shape index (κ3) is 2.21. The molecule has 1 aromatic carbocycles. The predicted molar refractivity (Wildman–Crippen MR) is 70.0 cm³/mol. The van der Waals surface area contributed by atoms with E-state index in [1.54, 1.807) is 18.4 Å². The number of aryl methyl sites for hydroxylation is 1. The van der Waals surface area contributed by atoms with Crippen LogP contribution in [0.3, 0.4) is 0 Å². The molecule has 2 rings (SSSR count). The molecule has 2 N–H and O–H groups in total. The lowest BCUT2D eigenvalue weighted by Gasteiger charge is -2.05. The first-order valence-electron chi connectivity index (χ1n) is 5.04. The second kappa shape index (κ2) is 4.62. The number of anilines is 1. The first-order valence-corrected chi connectivity index (χ1v) is 7.70. The van der Waals surface area contributed by atoms with Crippen molar-refractivity contribution in [2.24, 2.45) is 0 Å². The lowest BCUT2D eigenvalue weighted by Crippen LogP contribution is -2.15. The lowest BCUT2D eigenvalue weighted by molar-refractivity contribution is 0.573. The summed E-state index contributed by atoms with van der Waals surface area (Å²) in [5.74, 6) is -0.0602. The highest BCUT2D eigenvalue weighted by molar-refractivity contribution is 7.99. The zero-order valence-corrected chi connectivity index (χ0v) is 11.5. The average molecular weight is 284 g/mol. The molecule has 0 aliphatic heterocycles. The molecule has 0 atom stereocenters. The van der Waals surface area contributed by atoms with Gasteiger partial charge < -0.3 is 5.73 Å². The molecule has 18 heavy (non-hydrogen) atoms. The molecule has 96 valence electrons. The molecule has 8 heteroatoms. The Morgan fingerprint density at radius 3 is 2.44 bits per heavy atom. The minimum atomic E-state index is -3.74. The van der Waals surface area contributed by atoms with Crippen molar-refractivity contribution in [2.45, 2.75) is 17.0 Å². The van der Waals surface area contributed by atoms with E-state index in [1.807, 2.05) is 6.92 Å². The third-order valence-electron chi connectivity index (χ3n) is 2.30. The maximum atomic E-state index is 12.3. The molecule has 0 saturated carbocycles. The average Bonchev–Trinajstić information content (AvgIpc) is 2.72. The summed E-state index contributed by atoms with van der Waals surface area (Å²) in [5, 5.41) is 3.97. The highest BCUT2D eigenvalue weighted by atomic mass is 32.2. The van der Waals surface area contributed by atoms with Gasteiger partial charge in [-0.2, -0.15) is 13.4 Å². The first-order chi connectivity index (χ1) is 8.45. The van der Waals surface area contributed by atoms with E-state index in [4.69, 9.17) is 5.73 Å². The van der Waals surface area contributed by atoms with Gasteiger partial charge in [0.1, 0.15) is 0 Å². The van der Waals surface area contributed by atoms with Gasteiger partial charge in [0.25, 0.3) is 10.0 Å². The number of hydrogen-bond donors (Lipinski definition) is 1. The van der Waals surface area contributed by atoms with Crippen molar-refractivity contribution >= 4 is 27.7 Å². The molecule has 2 aromatic rings. The summed E-state index contributed by atoms with van der Waals surface area (Å²) in [6, 6.07) is 6.52. The molecule has 0 radical (unpaired) electrons. The highest BCUT2D eigenvalue weighted by Gasteiger charge is 2.22. The molecule has 0 aliphatic rings. The van der Waals surface area contributed by atoms with Gasteiger partial charge in [-0.3, -0.25) is 0 Å². The van der Waals surface area contributed by atoms with Crippen LogP contribution in [0.1, 0.15) is 5.56 Å². The molecule has 0 saturated heterocycles. The molecule has 0 amide bonds. The standard InChI is InChI=1S/C10H12N4O2S2/c1-7-3-5-8(6-4-7)18(15,16)14-10(17-2)12-9(11)13-14/h3-6H,1-2H3,(H2,11,13). The second-order valence-corrected chi connectivity index (χ2v) is 6.16. The second-order valence-electron chi connectivity index (χ2n) is 3.62. The predicted octanol–water partition coefficient (Wildman–Crippen LogP) is 1.13. The molecule has 0 bridgehead atoms. The van der Waals surface area contributed by atoms with E-state index in [0.717, 1.165) is 9.65 Å². The van der Waals surface area contributed by atoms with Crippen LogP contribution in [0.25, 0.3) is 0 Å². The molecule has 0 aliphatic carbocycles. The lowest BCUT2D eigenvalue weighted by atomic mass is 10.2. The van der Waals surface area contributed by atoms with E-state index >= 15 is 0 Å². The van der Waals surface area contributed by atoms with Gasteiger partial charge in [-0.15, -0.1) is 9.19 Å². The van der Waals surface area contributed by atoms with Gasteiger partial charge in [0.05, 0.1) is 4.90 Å². The first kappa shape index (κ1) is 12.9. The van der Waals surface area contributed by atoms with Crippen LogP contribution in [0.5, 0.6) is 0 Å². The van der Waals surface area contributed by atoms with Crippen LogP contribution in [0.15, 0.2) is 34.3 Å². The summed E-state index contributed by atoms with van der Waals surface area (Å²) in [6.45, 7) is 1.89. The van der Waals surface area contributed by atoms with E-state index in [2.05, 4.69) is 10.1 Å². The number of nitrogens with two attached hydrogens (primary N) is 1. The third-order valence-corrected chi connectivity index (χ3v) is 4.62. The number of thioether (sulfide) groups is 1. The molecule has 1 heterocycles. The number of aromatic nitrogens is 3. The minimum absolute atomic E-state index is 0.0602. The maximum Gasteiger partial charge on any atom is 0.285 e. The van der Waals surface area contributed by atoms with Gasteiger partial charge in [-0.1, -0.05) is 29.5 Å².